The fourth-order valence-corrected chi connectivity index (χ4v) is 7.66. The van der Waals surface area contributed by atoms with Crippen molar-refractivity contribution in [3.63, 3.8) is 0 Å². The van der Waals surface area contributed by atoms with Crippen molar-refractivity contribution < 1.29 is 47.8 Å². The number of nitrogens with zero attached hydrogens (tertiary/aromatic N) is 1. The molecule has 16 heteroatoms. The van der Waals surface area contributed by atoms with Crippen LogP contribution in [0.2, 0.25) is 0 Å². The minimum Gasteiger partial charge on any atom is -0.467 e. The highest BCUT2D eigenvalue weighted by Crippen LogP contribution is 2.22. The van der Waals surface area contributed by atoms with Gasteiger partial charge >= 0.3 is 11.9 Å². The molecule has 6 amide bonds. The third-order valence-electron chi connectivity index (χ3n) is 11.6. The number of carbonyl (C=O) groups excluding carboxylic acids is 8. The van der Waals surface area contributed by atoms with Crippen LogP contribution in [-0.2, 0) is 49.5 Å². The predicted molar refractivity (Wildman–Crippen MR) is 249 cm³/mol. The van der Waals surface area contributed by atoms with Crippen LogP contribution >= 0.6 is 0 Å². The zero-order valence-corrected chi connectivity index (χ0v) is 40.5. The number of unbranched alkanes of at least 4 members (excludes halogenated alkanes) is 7. The summed E-state index contributed by atoms with van der Waals surface area (Å²) in [4.78, 5) is 108. The van der Waals surface area contributed by atoms with Gasteiger partial charge in [0.25, 0.3) is 0 Å². The number of likely N-dealkylation sites (tertiary alicyclic amines) is 1. The Morgan fingerprint density at radius 3 is 1.77 bits per heavy atom. The first-order chi connectivity index (χ1) is 31.1. The highest BCUT2D eigenvalue weighted by molar-refractivity contribution is 5.96. The van der Waals surface area contributed by atoms with Gasteiger partial charge in [-0.05, 0) is 80.9 Å². The van der Waals surface area contributed by atoms with Crippen molar-refractivity contribution in [1.82, 2.24) is 31.5 Å². The Kier molecular flexibility index (Phi) is 26.8. The second-order valence-corrected chi connectivity index (χ2v) is 17.9. The summed E-state index contributed by atoms with van der Waals surface area (Å²) in [5.74, 6) is -3.92. The minimum atomic E-state index is -1.16. The zero-order chi connectivity index (χ0) is 48.3. The van der Waals surface area contributed by atoms with E-state index in [1.165, 1.54) is 12.0 Å². The van der Waals surface area contributed by atoms with E-state index in [1.54, 1.807) is 52.0 Å². The third kappa shape index (κ3) is 20.8. The van der Waals surface area contributed by atoms with Crippen molar-refractivity contribution in [2.24, 2.45) is 11.8 Å². The molecule has 1 saturated heterocycles. The molecule has 0 radical (unpaired) electrons. The molecule has 0 bridgehead atoms. The van der Waals surface area contributed by atoms with Gasteiger partial charge in [0, 0.05) is 38.8 Å². The van der Waals surface area contributed by atoms with E-state index >= 15 is 0 Å². The molecule has 5 unspecified atom stereocenters. The summed E-state index contributed by atoms with van der Waals surface area (Å²) >= 11 is 0. The van der Waals surface area contributed by atoms with Crippen LogP contribution in [-0.4, -0.2) is 103 Å². The fraction of sp³-hybridized carbons (Fsp3) is 0.714. The lowest BCUT2D eigenvalue weighted by molar-refractivity contribution is -0.152. The van der Waals surface area contributed by atoms with E-state index in [-0.39, 0.29) is 49.5 Å². The molecule has 1 aliphatic heterocycles. The van der Waals surface area contributed by atoms with Crippen LogP contribution in [0.3, 0.4) is 0 Å². The fourth-order valence-electron chi connectivity index (χ4n) is 7.66. The molecule has 0 aromatic heterocycles. The number of hydrogen-bond donors (Lipinski definition) is 5. The van der Waals surface area contributed by atoms with Crippen molar-refractivity contribution in [2.75, 3.05) is 20.2 Å². The Morgan fingerprint density at radius 2 is 1.20 bits per heavy atom. The Labute approximate surface area is 387 Å². The quantitative estimate of drug-likeness (QED) is 0.0354. The molecular formula is C49H80N6O10. The van der Waals surface area contributed by atoms with Gasteiger partial charge in [-0.1, -0.05) is 99.1 Å². The highest BCUT2D eigenvalue weighted by atomic mass is 16.5. The second-order valence-electron chi connectivity index (χ2n) is 17.9. The topological polar surface area (TPSA) is 218 Å². The third-order valence-corrected chi connectivity index (χ3v) is 11.6. The first-order valence-corrected chi connectivity index (χ1v) is 24.2. The number of methoxy groups -OCH3 is 1. The van der Waals surface area contributed by atoms with Gasteiger partial charge in [0.2, 0.25) is 35.4 Å². The minimum absolute atomic E-state index is 0.0209. The van der Waals surface area contributed by atoms with E-state index in [4.69, 9.17) is 9.47 Å². The number of esters is 2. The van der Waals surface area contributed by atoms with Gasteiger partial charge < -0.3 is 41.0 Å². The maximum absolute atomic E-state index is 14.3. The van der Waals surface area contributed by atoms with Gasteiger partial charge in [0.05, 0.1) is 7.11 Å². The lowest BCUT2D eigenvalue weighted by Gasteiger charge is -2.31. The number of rotatable bonds is 31. The van der Waals surface area contributed by atoms with E-state index in [9.17, 15) is 38.4 Å². The molecule has 5 atom stereocenters. The van der Waals surface area contributed by atoms with Gasteiger partial charge in [-0.3, -0.25) is 33.6 Å². The molecule has 0 saturated carbocycles. The molecule has 65 heavy (non-hydrogen) atoms. The second kappa shape index (κ2) is 31.0. The molecule has 16 nitrogen and oxygen atoms in total. The smallest absolute Gasteiger partial charge is 0.328 e. The van der Waals surface area contributed by atoms with E-state index in [1.807, 2.05) is 13.8 Å². The molecule has 0 spiro atoms. The summed E-state index contributed by atoms with van der Waals surface area (Å²) < 4.78 is 10.5. The van der Waals surface area contributed by atoms with E-state index in [0.717, 1.165) is 51.4 Å². The number of benzene rings is 1. The van der Waals surface area contributed by atoms with Crippen LogP contribution in [0.15, 0.2) is 24.3 Å². The van der Waals surface area contributed by atoms with Gasteiger partial charge in [0.15, 0.2) is 0 Å². The molecule has 366 valence electrons. The first-order valence-electron chi connectivity index (χ1n) is 24.2. The van der Waals surface area contributed by atoms with Gasteiger partial charge in [0.1, 0.15) is 36.0 Å². The predicted octanol–water partition coefficient (Wildman–Crippen LogP) is 5.58. The molecular weight excluding hydrogens is 833 g/mol. The number of amides is 6. The summed E-state index contributed by atoms with van der Waals surface area (Å²) in [7, 11) is 1.26. The average molecular weight is 913 g/mol. The largest absolute Gasteiger partial charge is 0.467 e. The molecule has 0 aliphatic carbocycles. The Morgan fingerprint density at radius 1 is 0.646 bits per heavy atom. The van der Waals surface area contributed by atoms with Gasteiger partial charge in [-0.15, -0.1) is 0 Å². The van der Waals surface area contributed by atoms with Crippen LogP contribution in [0.25, 0.3) is 0 Å². The summed E-state index contributed by atoms with van der Waals surface area (Å²) in [6.07, 6.45) is 11.1. The summed E-state index contributed by atoms with van der Waals surface area (Å²) in [6.45, 7) is 13.9. The standard InChI is InChI=1S/C49H80N6O10/c1-9-12-15-23-40(56)50-30-19-18-21-37(51-46(60)43(33(4)5)53-41(57)24-16-13-10-2)45(59)54-44(34(6)7)47(61)52-38(48(62)55-31-20-22-39(55)49(63)64-8)32-35-26-28-36(29-27-35)65-42(58)25-17-14-11-3/h26-29,33-34,37-39,43-44H,9-25,30-32H2,1-8H3,(H,50,56)(H,51,60)(H,52,61)(H,53,57)(H,54,59). The van der Waals surface area contributed by atoms with Crippen LogP contribution in [0, 0.1) is 11.8 Å². The van der Waals surface area contributed by atoms with Crippen molar-refractivity contribution >= 4 is 47.4 Å². The molecule has 1 aromatic rings. The van der Waals surface area contributed by atoms with Crippen molar-refractivity contribution in [3.05, 3.63) is 29.8 Å². The molecule has 2 rings (SSSR count). The summed E-state index contributed by atoms with van der Waals surface area (Å²) in [5, 5.41) is 14.3. The molecule has 1 aliphatic rings. The SMILES string of the molecule is CCCCCC(=O)NCCCCC(NC(=O)C(NC(=O)CCCCC)C(C)C)C(=O)NC(C(=O)NC(Cc1ccc(OC(=O)CCCCC)cc1)C(=O)N1CCCC1C(=O)OC)C(C)C. The first kappa shape index (κ1) is 56.1. The van der Waals surface area contributed by atoms with Gasteiger partial charge in [-0.25, -0.2) is 4.79 Å². The maximum atomic E-state index is 14.3. The zero-order valence-electron chi connectivity index (χ0n) is 40.5. The van der Waals surface area contributed by atoms with Crippen LogP contribution in [0.5, 0.6) is 5.75 Å². The Balaban J connectivity index is 2.35. The van der Waals surface area contributed by atoms with Crippen LogP contribution in [0.1, 0.15) is 163 Å². The van der Waals surface area contributed by atoms with Crippen molar-refractivity contribution in [1.29, 1.82) is 0 Å². The summed E-state index contributed by atoms with van der Waals surface area (Å²) in [5.41, 5.74) is 0.644. The monoisotopic (exact) mass is 913 g/mol. The normalized spacial score (nSPS) is 15.4. The number of nitrogens with one attached hydrogen (secondary N) is 5. The lowest BCUT2D eigenvalue weighted by atomic mass is 9.99. The molecule has 5 N–H and O–H groups in total. The van der Waals surface area contributed by atoms with E-state index in [0.29, 0.717) is 62.8 Å². The van der Waals surface area contributed by atoms with Crippen LogP contribution in [0.4, 0.5) is 0 Å². The average Bonchev–Trinajstić information content (AvgIpc) is 3.77. The van der Waals surface area contributed by atoms with Gasteiger partial charge in [-0.2, -0.15) is 0 Å². The molecule has 1 heterocycles. The van der Waals surface area contributed by atoms with Crippen LogP contribution < -0.4 is 31.3 Å². The molecule has 1 aromatic carbocycles. The Bertz CT molecular complexity index is 1670. The van der Waals surface area contributed by atoms with E-state index in [2.05, 4.69) is 33.5 Å². The van der Waals surface area contributed by atoms with Crippen molar-refractivity contribution in [2.45, 2.75) is 194 Å². The summed E-state index contributed by atoms with van der Waals surface area (Å²) in [6, 6.07) is 1.51. The number of ether oxygens (including phenoxy) is 2. The number of carbonyl (C=O) groups is 8. The lowest BCUT2D eigenvalue weighted by Crippen LogP contribution is -2.60. The van der Waals surface area contributed by atoms with E-state index < -0.39 is 65.7 Å². The van der Waals surface area contributed by atoms with Crippen molar-refractivity contribution in [3.8, 4) is 5.75 Å². The maximum Gasteiger partial charge on any atom is 0.328 e. The Hall–Kier alpha value is -5.02. The number of hydrogen-bond acceptors (Lipinski definition) is 10. The molecule has 1 fully saturated rings. The highest BCUT2D eigenvalue weighted by Gasteiger charge is 2.40.